The maximum atomic E-state index is 12.2. The highest BCUT2D eigenvalue weighted by atomic mass is 32.1. The summed E-state index contributed by atoms with van der Waals surface area (Å²) in [5.74, 6) is -1.21. The van der Waals surface area contributed by atoms with Gasteiger partial charge in [-0.1, -0.05) is 6.92 Å². The lowest BCUT2D eigenvalue weighted by molar-refractivity contribution is -0.144. The van der Waals surface area contributed by atoms with Crippen molar-refractivity contribution in [3.05, 3.63) is 16.0 Å². The average molecular weight is 413 g/mol. The largest absolute Gasteiger partial charge is 0.466 e. The van der Waals surface area contributed by atoms with Gasteiger partial charge in [-0.3, -0.25) is 9.59 Å². The first-order valence-corrected chi connectivity index (χ1v) is 10.2. The van der Waals surface area contributed by atoms with Crippen LogP contribution in [-0.2, 0) is 31.9 Å². The van der Waals surface area contributed by atoms with Crippen LogP contribution in [0.15, 0.2) is 0 Å². The number of aryl methyl sites for hydroxylation is 1. The molecule has 0 atom stereocenters. The van der Waals surface area contributed by atoms with Gasteiger partial charge < -0.3 is 20.1 Å². The molecule has 1 aliphatic rings. The fourth-order valence-corrected chi connectivity index (χ4v) is 4.36. The molecule has 7 nitrogen and oxygen atoms in total. The van der Waals surface area contributed by atoms with E-state index < -0.39 is 11.9 Å². The summed E-state index contributed by atoms with van der Waals surface area (Å²) in [6.07, 6.45) is 4.58. The summed E-state index contributed by atoms with van der Waals surface area (Å²) in [4.78, 5) is 36.8. The van der Waals surface area contributed by atoms with E-state index in [0.717, 1.165) is 42.5 Å². The molecule has 0 saturated carbocycles. The van der Waals surface area contributed by atoms with Crippen LogP contribution < -0.4 is 10.6 Å². The zero-order valence-corrected chi connectivity index (χ0v) is 17.1. The van der Waals surface area contributed by atoms with Crippen LogP contribution in [0.3, 0.4) is 0 Å². The highest BCUT2D eigenvalue weighted by Gasteiger charge is 2.26. The summed E-state index contributed by atoms with van der Waals surface area (Å²) in [6.45, 7) is 2.24. The van der Waals surface area contributed by atoms with Crippen LogP contribution in [0.4, 0.5) is 5.00 Å². The monoisotopic (exact) mass is 412 g/mol. The number of rotatable bonds is 7. The van der Waals surface area contributed by atoms with Crippen molar-refractivity contribution in [1.82, 2.24) is 5.32 Å². The van der Waals surface area contributed by atoms with Crippen molar-refractivity contribution >= 4 is 51.5 Å². The molecule has 0 aromatic carbocycles. The third kappa shape index (κ3) is 6.00. The molecule has 2 N–H and O–H groups in total. The Bertz CT molecular complexity index is 730. The first-order valence-electron chi connectivity index (χ1n) is 8.95. The van der Waals surface area contributed by atoms with Gasteiger partial charge in [0.25, 0.3) is 0 Å². The maximum absolute atomic E-state index is 12.2. The Labute approximate surface area is 167 Å². The van der Waals surface area contributed by atoms with Crippen LogP contribution in [-0.4, -0.2) is 36.7 Å². The van der Waals surface area contributed by atoms with Gasteiger partial charge in [-0.25, -0.2) is 4.79 Å². The van der Waals surface area contributed by atoms with E-state index in [1.807, 2.05) is 6.92 Å². The zero-order valence-electron chi connectivity index (χ0n) is 15.5. The molecule has 0 radical (unpaired) electrons. The third-order valence-corrected chi connectivity index (χ3v) is 5.48. The number of carbonyl (C=O) groups is 3. The highest BCUT2D eigenvalue weighted by molar-refractivity contribution is 7.80. The Kier molecular flexibility index (Phi) is 8.18. The molecular weight excluding hydrogens is 388 g/mol. The Hall–Kier alpha value is -2.00. The molecule has 148 valence electrons. The number of thiocarbonyl (C=S) groups is 1. The van der Waals surface area contributed by atoms with Crippen molar-refractivity contribution in [2.24, 2.45) is 0 Å². The van der Waals surface area contributed by atoms with Gasteiger partial charge in [0.2, 0.25) is 5.91 Å². The van der Waals surface area contributed by atoms with Crippen molar-refractivity contribution in [3.8, 4) is 0 Å². The second-order valence-electron chi connectivity index (χ2n) is 6.13. The predicted molar refractivity (Wildman–Crippen MR) is 107 cm³/mol. The van der Waals surface area contributed by atoms with Crippen molar-refractivity contribution in [2.45, 2.75) is 51.9 Å². The van der Waals surface area contributed by atoms with E-state index >= 15 is 0 Å². The second kappa shape index (κ2) is 10.4. The number of ether oxygens (including phenoxy) is 2. The lowest BCUT2D eigenvalue weighted by atomic mass is 9.95. The van der Waals surface area contributed by atoms with Crippen LogP contribution in [0.2, 0.25) is 0 Å². The molecule has 27 heavy (non-hydrogen) atoms. The first kappa shape index (κ1) is 21.3. The minimum absolute atomic E-state index is 0.00481. The molecule has 2 rings (SSSR count). The molecule has 9 heteroatoms. The number of anilines is 1. The van der Waals surface area contributed by atoms with Crippen molar-refractivity contribution in [1.29, 1.82) is 0 Å². The number of carbonyl (C=O) groups excluding carboxylic acids is 3. The van der Waals surface area contributed by atoms with E-state index in [0.29, 0.717) is 17.2 Å². The number of fused-ring (bicyclic) bond motifs is 1. The molecule has 0 unspecified atom stereocenters. The van der Waals surface area contributed by atoms with Crippen molar-refractivity contribution < 1.29 is 23.9 Å². The smallest absolute Gasteiger partial charge is 0.341 e. The quantitative estimate of drug-likeness (QED) is 0.525. The molecule has 1 heterocycles. The maximum Gasteiger partial charge on any atom is 0.341 e. The van der Waals surface area contributed by atoms with Crippen LogP contribution in [0, 0.1) is 0 Å². The molecule has 1 amide bonds. The fraction of sp³-hybridized carbons (Fsp3) is 0.556. The Balaban J connectivity index is 1.95. The summed E-state index contributed by atoms with van der Waals surface area (Å²) >= 11 is 6.64. The van der Waals surface area contributed by atoms with Crippen LogP contribution in [0.25, 0.3) is 0 Å². The lowest BCUT2D eigenvalue weighted by Crippen LogP contribution is -2.34. The van der Waals surface area contributed by atoms with E-state index in [9.17, 15) is 14.4 Å². The van der Waals surface area contributed by atoms with Crippen LogP contribution >= 0.6 is 23.6 Å². The number of amides is 1. The number of thiophene rings is 1. The van der Waals surface area contributed by atoms with E-state index in [1.165, 1.54) is 18.4 Å². The summed E-state index contributed by atoms with van der Waals surface area (Å²) < 4.78 is 9.83. The van der Waals surface area contributed by atoms with E-state index in [-0.39, 0.29) is 23.9 Å². The Morgan fingerprint density at radius 3 is 2.63 bits per heavy atom. The van der Waals surface area contributed by atoms with Gasteiger partial charge >= 0.3 is 11.9 Å². The molecule has 1 aliphatic carbocycles. The molecule has 0 bridgehead atoms. The van der Waals surface area contributed by atoms with Gasteiger partial charge in [0, 0.05) is 11.3 Å². The number of methoxy groups -OCH3 is 1. The van der Waals surface area contributed by atoms with Gasteiger partial charge in [0.15, 0.2) is 5.11 Å². The number of hydrogen-bond donors (Lipinski definition) is 2. The summed E-state index contributed by atoms with van der Waals surface area (Å²) in [5.41, 5.74) is 1.50. The van der Waals surface area contributed by atoms with Crippen molar-refractivity contribution in [2.75, 3.05) is 19.0 Å². The third-order valence-electron chi connectivity index (χ3n) is 4.06. The van der Waals surface area contributed by atoms with Gasteiger partial charge in [-0.2, -0.15) is 0 Å². The SMILES string of the molecule is CCCOC(=O)CCC(=O)NC(=S)Nc1sc2c(c1C(=O)OC)CCCC2. The molecule has 0 fully saturated rings. The molecule has 0 saturated heterocycles. The van der Waals surface area contributed by atoms with E-state index in [1.54, 1.807) is 0 Å². The zero-order chi connectivity index (χ0) is 19.8. The van der Waals surface area contributed by atoms with Crippen LogP contribution in [0.5, 0.6) is 0 Å². The molecular formula is C18H24N2O5S2. The van der Waals surface area contributed by atoms with E-state index in [2.05, 4.69) is 10.6 Å². The predicted octanol–water partition coefficient (Wildman–Crippen LogP) is 2.96. The topological polar surface area (TPSA) is 93.7 Å². The minimum Gasteiger partial charge on any atom is -0.466 e. The van der Waals surface area contributed by atoms with E-state index in [4.69, 9.17) is 21.7 Å². The number of nitrogens with one attached hydrogen (secondary N) is 2. The van der Waals surface area contributed by atoms with Gasteiger partial charge in [-0.05, 0) is 49.9 Å². The first-order chi connectivity index (χ1) is 13.0. The van der Waals surface area contributed by atoms with Gasteiger partial charge in [-0.15, -0.1) is 11.3 Å². The Morgan fingerprint density at radius 1 is 1.19 bits per heavy atom. The standard InChI is InChI=1S/C18H24N2O5S2/c1-3-10-25-14(22)9-8-13(21)19-18(26)20-16-15(17(23)24-2)11-6-4-5-7-12(11)27-16/h3-10H2,1-2H3,(H2,19,20,21,26). The fourth-order valence-electron chi connectivity index (χ4n) is 2.80. The molecule has 0 spiro atoms. The van der Waals surface area contributed by atoms with Gasteiger partial charge in [0.05, 0.1) is 25.7 Å². The Morgan fingerprint density at radius 2 is 1.93 bits per heavy atom. The second-order valence-corrected chi connectivity index (χ2v) is 7.64. The summed E-state index contributed by atoms with van der Waals surface area (Å²) in [5, 5.41) is 6.14. The summed E-state index contributed by atoms with van der Waals surface area (Å²) in [7, 11) is 1.34. The van der Waals surface area contributed by atoms with Gasteiger partial charge in [0.1, 0.15) is 5.00 Å². The average Bonchev–Trinajstić information content (AvgIpc) is 3.01. The van der Waals surface area contributed by atoms with Crippen molar-refractivity contribution in [3.63, 3.8) is 0 Å². The summed E-state index contributed by atoms with van der Waals surface area (Å²) in [6, 6.07) is 0. The minimum atomic E-state index is -0.412. The molecule has 1 aromatic heterocycles. The molecule has 1 aromatic rings. The van der Waals surface area contributed by atoms with Crippen LogP contribution in [0.1, 0.15) is 59.8 Å². The number of esters is 2. The lowest BCUT2D eigenvalue weighted by Gasteiger charge is -2.12. The normalized spacial score (nSPS) is 12.7. The number of hydrogen-bond acceptors (Lipinski definition) is 7. The molecule has 0 aliphatic heterocycles. The highest BCUT2D eigenvalue weighted by Crippen LogP contribution is 2.38.